The van der Waals surface area contributed by atoms with E-state index in [0.29, 0.717) is 26.1 Å². The number of nitriles is 1. The van der Waals surface area contributed by atoms with Crippen molar-refractivity contribution in [2.24, 2.45) is 5.41 Å². The Labute approximate surface area is 115 Å². The lowest BCUT2D eigenvalue weighted by Crippen LogP contribution is -2.54. The SMILES string of the molecule is CC1(NC(=O)C2(C#N)CCCCCC2)CCOCC1. The van der Waals surface area contributed by atoms with Crippen molar-refractivity contribution in [2.75, 3.05) is 13.2 Å². The van der Waals surface area contributed by atoms with Crippen molar-refractivity contribution in [3.05, 3.63) is 0 Å². The Balaban J connectivity index is 2.05. The third-order valence-corrected chi connectivity index (χ3v) is 4.62. The summed E-state index contributed by atoms with van der Waals surface area (Å²) in [6, 6.07) is 2.32. The lowest BCUT2D eigenvalue weighted by atomic mass is 9.79. The molecule has 1 aliphatic carbocycles. The first-order chi connectivity index (χ1) is 9.10. The Morgan fingerprint density at radius 2 is 1.68 bits per heavy atom. The first kappa shape index (κ1) is 14.3. The number of hydrogen-bond acceptors (Lipinski definition) is 3. The number of hydrogen-bond donors (Lipinski definition) is 1. The minimum Gasteiger partial charge on any atom is -0.381 e. The summed E-state index contributed by atoms with van der Waals surface area (Å²) in [4.78, 5) is 12.6. The van der Waals surface area contributed by atoms with Crippen molar-refractivity contribution in [1.29, 1.82) is 5.26 Å². The summed E-state index contributed by atoms with van der Waals surface area (Å²) >= 11 is 0. The molecule has 2 aliphatic rings. The highest BCUT2D eigenvalue weighted by Gasteiger charge is 2.42. The van der Waals surface area contributed by atoms with Crippen molar-refractivity contribution < 1.29 is 9.53 Å². The molecule has 106 valence electrons. The van der Waals surface area contributed by atoms with Crippen LogP contribution in [-0.2, 0) is 9.53 Å². The molecule has 0 aromatic heterocycles. The predicted octanol–water partition coefficient (Wildman–Crippen LogP) is 2.54. The molecule has 1 saturated carbocycles. The highest BCUT2D eigenvalue weighted by Crippen LogP contribution is 2.35. The zero-order valence-corrected chi connectivity index (χ0v) is 11.8. The van der Waals surface area contributed by atoms with Gasteiger partial charge in [-0.2, -0.15) is 5.26 Å². The molecule has 0 aromatic rings. The molecule has 0 spiro atoms. The van der Waals surface area contributed by atoms with Gasteiger partial charge >= 0.3 is 0 Å². The second kappa shape index (κ2) is 5.92. The summed E-state index contributed by atoms with van der Waals surface area (Å²) in [7, 11) is 0. The fraction of sp³-hybridized carbons (Fsp3) is 0.867. The molecule has 0 aromatic carbocycles. The Bertz CT molecular complexity index is 359. The first-order valence-corrected chi connectivity index (χ1v) is 7.42. The molecule has 1 N–H and O–H groups in total. The number of nitrogens with one attached hydrogen (secondary N) is 1. The summed E-state index contributed by atoms with van der Waals surface area (Å²) in [6.45, 7) is 3.45. The molecule has 1 heterocycles. The molecule has 0 atom stereocenters. The third-order valence-electron chi connectivity index (χ3n) is 4.62. The molecular formula is C15H24N2O2. The van der Waals surface area contributed by atoms with Crippen LogP contribution in [0.5, 0.6) is 0 Å². The van der Waals surface area contributed by atoms with Crippen LogP contribution >= 0.6 is 0 Å². The van der Waals surface area contributed by atoms with E-state index in [0.717, 1.165) is 38.5 Å². The van der Waals surface area contributed by atoms with E-state index in [1.54, 1.807) is 0 Å². The number of amides is 1. The minimum atomic E-state index is -0.794. The highest BCUT2D eigenvalue weighted by molar-refractivity contribution is 5.86. The number of nitrogens with zero attached hydrogens (tertiary/aromatic N) is 1. The fourth-order valence-electron chi connectivity index (χ4n) is 3.06. The smallest absolute Gasteiger partial charge is 0.240 e. The van der Waals surface area contributed by atoms with Crippen molar-refractivity contribution in [1.82, 2.24) is 5.32 Å². The zero-order chi connectivity index (χ0) is 13.8. The molecule has 0 unspecified atom stereocenters. The van der Waals surface area contributed by atoms with Gasteiger partial charge < -0.3 is 10.1 Å². The largest absolute Gasteiger partial charge is 0.381 e. The van der Waals surface area contributed by atoms with Gasteiger partial charge in [0.25, 0.3) is 0 Å². The van der Waals surface area contributed by atoms with Gasteiger partial charge in [0.15, 0.2) is 0 Å². The predicted molar refractivity (Wildman–Crippen MR) is 72.3 cm³/mol. The maximum absolute atomic E-state index is 12.6. The summed E-state index contributed by atoms with van der Waals surface area (Å²) in [6.07, 6.45) is 7.34. The van der Waals surface area contributed by atoms with E-state index in [2.05, 4.69) is 18.3 Å². The van der Waals surface area contributed by atoms with Crippen LogP contribution in [0.25, 0.3) is 0 Å². The molecule has 4 heteroatoms. The summed E-state index contributed by atoms with van der Waals surface area (Å²) < 4.78 is 5.35. The van der Waals surface area contributed by atoms with Crippen LogP contribution in [0.15, 0.2) is 0 Å². The van der Waals surface area contributed by atoms with Gasteiger partial charge in [0, 0.05) is 18.8 Å². The standard InChI is InChI=1S/C15H24N2O2/c1-14(8-10-19-11-9-14)17-13(18)15(12-16)6-4-2-3-5-7-15/h2-11H2,1H3,(H,17,18). The van der Waals surface area contributed by atoms with Crippen LogP contribution in [0.4, 0.5) is 0 Å². The van der Waals surface area contributed by atoms with Gasteiger partial charge in [0.05, 0.1) is 6.07 Å². The fourth-order valence-corrected chi connectivity index (χ4v) is 3.06. The second-order valence-corrected chi connectivity index (χ2v) is 6.24. The van der Waals surface area contributed by atoms with E-state index in [1.807, 2.05) is 0 Å². The van der Waals surface area contributed by atoms with Crippen LogP contribution in [0.1, 0.15) is 58.3 Å². The molecule has 19 heavy (non-hydrogen) atoms. The molecule has 2 fully saturated rings. The van der Waals surface area contributed by atoms with Gasteiger partial charge in [-0.25, -0.2) is 0 Å². The zero-order valence-electron chi connectivity index (χ0n) is 11.8. The third kappa shape index (κ3) is 3.27. The molecule has 0 bridgehead atoms. The van der Waals surface area contributed by atoms with Crippen molar-refractivity contribution >= 4 is 5.91 Å². The molecule has 2 rings (SSSR count). The van der Waals surface area contributed by atoms with Crippen LogP contribution in [0.3, 0.4) is 0 Å². The van der Waals surface area contributed by atoms with Crippen molar-refractivity contribution in [2.45, 2.75) is 63.8 Å². The van der Waals surface area contributed by atoms with Gasteiger partial charge in [-0.05, 0) is 32.6 Å². The second-order valence-electron chi connectivity index (χ2n) is 6.24. The maximum Gasteiger partial charge on any atom is 0.240 e. The van der Waals surface area contributed by atoms with E-state index in [9.17, 15) is 10.1 Å². The topological polar surface area (TPSA) is 62.1 Å². The summed E-state index contributed by atoms with van der Waals surface area (Å²) in [5.41, 5.74) is -0.997. The monoisotopic (exact) mass is 264 g/mol. The average Bonchev–Trinajstić information content (AvgIpc) is 2.65. The maximum atomic E-state index is 12.6. The quantitative estimate of drug-likeness (QED) is 0.780. The lowest BCUT2D eigenvalue weighted by Gasteiger charge is -2.37. The summed E-state index contributed by atoms with van der Waals surface area (Å²) in [5.74, 6) is -0.0544. The molecule has 1 saturated heterocycles. The molecule has 4 nitrogen and oxygen atoms in total. The Hall–Kier alpha value is -1.08. The Morgan fingerprint density at radius 3 is 2.21 bits per heavy atom. The van der Waals surface area contributed by atoms with Crippen LogP contribution in [0.2, 0.25) is 0 Å². The van der Waals surface area contributed by atoms with Crippen LogP contribution in [-0.4, -0.2) is 24.7 Å². The number of carbonyl (C=O) groups is 1. The van der Waals surface area contributed by atoms with Gasteiger partial charge in [0.1, 0.15) is 5.41 Å². The van der Waals surface area contributed by atoms with Crippen LogP contribution in [0, 0.1) is 16.7 Å². The van der Waals surface area contributed by atoms with Crippen molar-refractivity contribution in [3.8, 4) is 6.07 Å². The Morgan fingerprint density at radius 1 is 1.11 bits per heavy atom. The van der Waals surface area contributed by atoms with Gasteiger partial charge in [-0.3, -0.25) is 4.79 Å². The molecule has 1 amide bonds. The lowest BCUT2D eigenvalue weighted by molar-refractivity contribution is -0.131. The van der Waals surface area contributed by atoms with Crippen molar-refractivity contribution in [3.63, 3.8) is 0 Å². The van der Waals surface area contributed by atoms with E-state index < -0.39 is 5.41 Å². The van der Waals surface area contributed by atoms with Gasteiger partial charge in [0.2, 0.25) is 5.91 Å². The van der Waals surface area contributed by atoms with Crippen LogP contribution < -0.4 is 5.32 Å². The van der Waals surface area contributed by atoms with Gasteiger partial charge in [-0.1, -0.05) is 25.7 Å². The van der Waals surface area contributed by atoms with E-state index in [1.165, 1.54) is 0 Å². The number of ether oxygens (including phenoxy) is 1. The van der Waals surface area contributed by atoms with Gasteiger partial charge in [-0.15, -0.1) is 0 Å². The minimum absolute atomic E-state index is 0.0544. The summed E-state index contributed by atoms with van der Waals surface area (Å²) in [5, 5.41) is 12.7. The van der Waals surface area contributed by atoms with E-state index >= 15 is 0 Å². The van der Waals surface area contributed by atoms with E-state index in [4.69, 9.17) is 4.74 Å². The molecular weight excluding hydrogens is 240 g/mol. The number of rotatable bonds is 2. The first-order valence-electron chi connectivity index (χ1n) is 7.42. The van der Waals surface area contributed by atoms with E-state index in [-0.39, 0.29) is 11.4 Å². The highest BCUT2D eigenvalue weighted by atomic mass is 16.5. The molecule has 0 radical (unpaired) electrons. The number of carbonyl (C=O) groups excluding carboxylic acids is 1. The average molecular weight is 264 g/mol. The molecule has 1 aliphatic heterocycles. The normalized spacial score (nSPS) is 25.9. The Kier molecular flexibility index (Phi) is 4.46.